The summed E-state index contributed by atoms with van der Waals surface area (Å²) in [7, 11) is -10.2. The average Bonchev–Trinajstić information content (AvgIpc) is 3.19. The number of hydrogen-bond donors (Lipinski definition) is 4. The van der Waals surface area contributed by atoms with Crippen molar-refractivity contribution in [2.24, 2.45) is 5.41 Å². The molecule has 16 heteroatoms. The van der Waals surface area contributed by atoms with E-state index in [1.807, 2.05) is 12.3 Å². The van der Waals surface area contributed by atoms with Crippen molar-refractivity contribution < 1.29 is 53.7 Å². The number of sulfonamides is 1. The SMILES string of the molecule is CC1(C(=O)O)C=CC=C(C(=O)O)C1.CCCc1ccc[nH]1.O=S(=O)(F)NS(=O)(=O)CC=CC(F)(F)F. The van der Waals surface area contributed by atoms with Gasteiger partial charge in [-0.05, 0) is 31.9 Å². The minimum Gasteiger partial charge on any atom is -0.481 e. The fourth-order valence-electron chi connectivity index (χ4n) is 2.47. The third-order valence-corrected chi connectivity index (χ3v) is 6.56. The van der Waals surface area contributed by atoms with E-state index in [1.165, 1.54) is 43.7 Å². The molecule has 2 rings (SSSR count). The van der Waals surface area contributed by atoms with Crippen LogP contribution in [0.2, 0.25) is 0 Å². The van der Waals surface area contributed by atoms with Crippen molar-refractivity contribution in [1.82, 2.24) is 9.11 Å². The number of aliphatic carboxylic acids is 2. The van der Waals surface area contributed by atoms with Crippen LogP contribution >= 0.6 is 0 Å². The van der Waals surface area contributed by atoms with Crippen LogP contribution in [0.25, 0.3) is 0 Å². The van der Waals surface area contributed by atoms with Crippen molar-refractivity contribution >= 4 is 32.4 Å². The molecule has 1 aliphatic rings. The van der Waals surface area contributed by atoms with Gasteiger partial charge in [0.15, 0.2) is 0 Å². The van der Waals surface area contributed by atoms with Gasteiger partial charge in [0.25, 0.3) is 0 Å². The van der Waals surface area contributed by atoms with E-state index < -0.39 is 55.8 Å². The molecule has 0 fully saturated rings. The maximum absolute atomic E-state index is 11.8. The molecule has 1 aromatic rings. The third-order valence-electron chi connectivity index (χ3n) is 4.11. The lowest BCUT2D eigenvalue weighted by Gasteiger charge is -2.23. The first-order valence-corrected chi connectivity index (χ1v) is 13.0. The highest BCUT2D eigenvalue weighted by atomic mass is 32.3. The van der Waals surface area contributed by atoms with Crippen LogP contribution < -0.4 is 4.13 Å². The van der Waals surface area contributed by atoms with E-state index in [1.54, 1.807) is 0 Å². The summed E-state index contributed by atoms with van der Waals surface area (Å²) in [5.41, 5.74) is 0.391. The zero-order chi connectivity index (χ0) is 28.2. The van der Waals surface area contributed by atoms with E-state index in [-0.39, 0.29) is 18.1 Å². The molecule has 1 aliphatic carbocycles. The Morgan fingerprint density at radius 1 is 1.22 bits per heavy atom. The largest absolute Gasteiger partial charge is 0.481 e. The molecule has 1 aromatic heterocycles. The summed E-state index contributed by atoms with van der Waals surface area (Å²) in [4.78, 5) is 24.5. The smallest absolute Gasteiger partial charge is 0.409 e. The van der Waals surface area contributed by atoms with Crippen LogP contribution in [0.15, 0.2) is 54.3 Å². The summed E-state index contributed by atoms with van der Waals surface area (Å²) in [5.74, 6) is -3.36. The molecular formula is C20H26F4N2O8S2. The second-order valence-corrected chi connectivity index (χ2v) is 10.6. The van der Waals surface area contributed by atoms with Crippen LogP contribution in [-0.2, 0) is 36.4 Å². The number of halogens is 4. The van der Waals surface area contributed by atoms with Gasteiger partial charge in [0.1, 0.15) is 0 Å². The number of hydrogen-bond acceptors (Lipinski definition) is 6. The first kappa shape index (κ1) is 33.0. The zero-order valence-corrected chi connectivity index (χ0v) is 20.8. The standard InChI is InChI=1S/C9H10O4.C7H11N.C4H5F4NO4S2/c1-9(8(12)13)4-2-3-6(5-9)7(10)11;1-2-4-7-5-3-6-8-7;5-4(6,7)2-1-3-14(10,11)9-15(8,12)13/h2-4H,5H2,1H3,(H,10,11)(H,12,13);3,5-6,8H,2,4H2,1H3;1-2,9H,3H2. The lowest BCUT2D eigenvalue weighted by molar-refractivity contribution is -0.145. The molecule has 204 valence electrons. The molecule has 0 spiro atoms. The van der Waals surface area contributed by atoms with Crippen LogP contribution in [0.4, 0.5) is 17.1 Å². The molecule has 0 aromatic carbocycles. The second-order valence-electron chi connectivity index (χ2n) is 7.45. The molecule has 0 bridgehead atoms. The molecule has 1 heterocycles. The average molecular weight is 563 g/mol. The van der Waals surface area contributed by atoms with Gasteiger partial charge >= 0.3 is 28.5 Å². The molecule has 0 radical (unpaired) electrons. The summed E-state index contributed by atoms with van der Waals surface area (Å²) in [6.45, 7) is 3.68. The number of aromatic nitrogens is 1. The molecule has 4 N–H and O–H groups in total. The number of aromatic amines is 1. The first-order valence-electron chi connectivity index (χ1n) is 9.98. The van der Waals surface area contributed by atoms with Crippen molar-refractivity contribution in [2.75, 3.05) is 5.75 Å². The third kappa shape index (κ3) is 15.1. The quantitative estimate of drug-likeness (QED) is 0.212. The van der Waals surface area contributed by atoms with Crippen molar-refractivity contribution in [2.45, 2.75) is 39.3 Å². The van der Waals surface area contributed by atoms with E-state index in [0.717, 1.165) is 0 Å². The predicted octanol–water partition coefficient (Wildman–Crippen LogP) is 3.25. The Kier molecular flexibility index (Phi) is 12.8. The number of carboxylic acid groups (broad SMARTS) is 2. The summed E-state index contributed by atoms with van der Waals surface area (Å²) in [6, 6.07) is 4.15. The number of H-pyrrole nitrogens is 1. The monoisotopic (exact) mass is 562 g/mol. The van der Waals surface area contributed by atoms with E-state index in [0.29, 0.717) is 4.13 Å². The maximum atomic E-state index is 11.8. The fourth-order valence-corrected chi connectivity index (χ4v) is 4.31. The highest BCUT2D eigenvalue weighted by Crippen LogP contribution is 2.31. The maximum Gasteiger partial charge on any atom is 0.409 e. The Hall–Kier alpha value is -2.98. The summed E-state index contributed by atoms with van der Waals surface area (Å²) in [6.07, 6.45) is 3.82. The topological polar surface area (TPSA) is 171 Å². The van der Waals surface area contributed by atoms with Crippen molar-refractivity contribution in [3.05, 3.63) is 60.0 Å². The number of carbonyl (C=O) groups is 2. The van der Waals surface area contributed by atoms with Gasteiger partial charge in [-0.2, -0.15) is 21.6 Å². The van der Waals surface area contributed by atoms with Crippen molar-refractivity contribution in [3.8, 4) is 0 Å². The Bertz CT molecular complexity index is 1170. The molecule has 1 unspecified atom stereocenters. The normalized spacial score (nSPS) is 17.9. The van der Waals surface area contributed by atoms with Gasteiger partial charge in [-0.1, -0.05) is 45.7 Å². The second kappa shape index (κ2) is 13.9. The molecule has 0 aliphatic heterocycles. The molecule has 0 saturated heterocycles. The summed E-state index contributed by atoms with van der Waals surface area (Å²) >= 11 is 0. The van der Waals surface area contributed by atoms with Crippen LogP contribution in [0.5, 0.6) is 0 Å². The van der Waals surface area contributed by atoms with Crippen molar-refractivity contribution in [1.29, 1.82) is 0 Å². The highest BCUT2D eigenvalue weighted by Gasteiger charge is 2.34. The molecule has 10 nitrogen and oxygen atoms in total. The molecule has 36 heavy (non-hydrogen) atoms. The van der Waals surface area contributed by atoms with Gasteiger partial charge in [0.2, 0.25) is 10.0 Å². The van der Waals surface area contributed by atoms with E-state index in [2.05, 4.69) is 18.0 Å². The summed E-state index contributed by atoms with van der Waals surface area (Å²) in [5, 5.41) is 17.5. The number of alkyl halides is 3. The number of rotatable bonds is 8. The minimum atomic E-state index is -5.50. The van der Waals surface area contributed by atoms with Crippen LogP contribution in [0.1, 0.15) is 32.4 Å². The predicted molar refractivity (Wildman–Crippen MR) is 122 cm³/mol. The first-order chi connectivity index (χ1) is 16.3. The van der Waals surface area contributed by atoms with Crippen LogP contribution in [0, 0.1) is 5.41 Å². The van der Waals surface area contributed by atoms with Gasteiger partial charge in [-0.25, -0.2) is 13.2 Å². The van der Waals surface area contributed by atoms with Gasteiger partial charge < -0.3 is 15.2 Å². The summed E-state index contributed by atoms with van der Waals surface area (Å²) < 4.78 is 87.5. The van der Waals surface area contributed by atoms with Crippen molar-refractivity contribution in [3.63, 3.8) is 0 Å². The van der Waals surface area contributed by atoms with E-state index in [9.17, 15) is 43.5 Å². The molecule has 0 amide bonds. The molecular weight excluding hydrogens is 536 g/mol. The van der Waals surface area contributed by atoms with Gasteiger partial charge in [0.05, 0.1) is 11.2 Å². The Morgan fingerprint density at radius 2 is 1.83 bits per heavy atom. The van der Waals surface area contributed by atoms with Gasteiger partial charge in [-0.15, -0.1) is 0 Å². The lowest BCUT2D eigenvalue weighted by Crippen LogP contribution is -2.29. The highest BCUT2D eigenvalue weighted by molar-refractivity contribution is 8.02. The van der Waals surface area contributed by atoms with Crippen LogP contribution in [0.3, 0.4) is 0 Å². The fraction of sp³-hybridized carbons (Fsp3) is 0.400. The number of carboxylic acids is 2. The number of nitrogens with one attached hydrogen (secondary N) is 2. The minimum absolute atomic E-state index is 0.0359. The molecule has 0 saturated carbocycles. The van der Waals surface area contributed by atoms with E-state index in [4.69, 9.17) is 10.2 Å². The van der Waals surface area contributed by atoms with Crippen LogP contribution in [-0.4, -0.2) is 55.9 Å². The van der Waals surface area contributed by atoms with Gasteiger partial charge in [0, 0.05) is 23.5 Å². The Labute approximate surface area is 205 Å². The number of aryl methyl sites for hydroxylation is 1. The molecule has 1 atom stereocenters. The Morgan fingerprint density at radius 3 is 2.25 bits per heavy atom. The lowest BCUT2D eigenvalue weighted by atomic mass is 9.80. The van der Waals surface area contributed by atoms with Gasteiger partial charge in [-0.3, -0.25) is 4.79 Å². The van der Waals surface area contributed by atoms with E-state index >= 15 is 0 Å². The number of allylic oxidation sites excluding steroid dienone is 3. The Balaban J connectivity index is 0.000000531. The zero-order valence-electron chi connectivity index (χ0n) is 19.1.